The van der Waals surface area contributed by atoms with Gasteiger partial charge in [0.25, 0.3) is 5.91 Å². The van der Waals surface area contributed by atoms with Gasteiger partial charge in [-0.3, -0.25) is 14.9 Å². The number of aromatic nitrogens is 3. The van der Waals surface area contributed by atoms with Crippen LogP contribution in [-0.4, -0.2) is 20.6 Å². The maximum Gasteiger partial charge on any atom is 0.273 e. The highest BCUT2D eigenvalue weighted by Crippen LogP contribution is 2.13. The van der Waals surface area contributed by atoms with Crippen molar-refractivity contribution >= 4 is 5.91 Å². The maximum atomic E-state index is 11.9. The van der Waals surface area contributed by atoms with Crippen LogP contribution in [0.25, 0.3) is 11.4 Å². The van der Waals surface area contributed by atoms with Gasteiger partial charge < -0.3 is 0 Å². The van der Waals surface area contributed by atoms with Gasteiger partial charge >= 0.3 is 0 Å². The number of rotatable bonds is 3. The third-order valence-electron chi connectivity index (χ3n) is 2.78. The number of amides is 1. The maximum absolute atomic E-state index is 11.9. The molecular formula is C15H12N4O. The predicted octanol–water partition coefficient (Wildman–Crippen LogP) is 2.33. The van der Waals surface area contributed by atoms with E-state index in [2.05, 4.69) is 15.4 Å². The smallest absolute Gasteiger partial charge is 0.268 e. The van der Waals surface area contributed by atoms with Crippen molar-refractivity contribution in [2.24, 2.45) is 0 Å². The fourth-order valence-electron chi connectivity index (χ4n) is 1.77. The molecule has 98 valence electrons. The summed E-state index contributed by atoms with van der Waals surface area (Å²) in [4.78, 5) is 20.4. The Kier molecular flexibility index (Phi) is 3.24. The van der Waals surface area contributed by atoms with Crippen LogP contribution in [0.2, 0.25) is 0 Å². The summed E-state index contributed by atoms with van der Waals surface area (Å²) in [5.74, 6) is 0.351. The van der Waals surface area contributed by atoms with E-state index in [-0.39, 0.29) is 5.91 Å². The summed E-state index contributed by atoms with van der Waals surface area (Å²) < 4.78 is 1.58. The van der Waals surface area contributed by atoms with E-state index in [0.29, 0.717) is 11.4 Å². The minimum atomic E-state index is -0.249. The zero-order valence-electron chi connectivity index (χ0n) is 10.6. The zero-order chi connectivity index (χ0) is 13.8. The molecule has 1 amide bonds. The van der Waals surface area contributed by atoms with Gasteiger partial charge in [-0.25, -0.2) is 9.97 Å². The molecule has 5 heteroatoms. The van der Waals surface area contributed by atoms with Crippen LogP contribution in [0, 0.1) is 0 Å². The second kappa shape index (κ2) is 5.36. The van der Waals surface area contributed by atoms with Crippen LogP contribution in [0.1, 0.15) is 10.4 Å². The number of hydrogen-bond acceptors (Lipinski definition) is 3. The van der Waals surface area contributed by atoms with Gasteiger partial charge in [-0.2, -0.15) is 0 Å². The molecule has 20 heavy (non-hydrogen) atoms. The Morgan fingerprint density at radius 3 is 2.25 bits per heavy atom. The Morgan fingerprint density at radius 2 is 1.60 bits per heavy atom. The molecule has 3 aromatic rings. The Morgan fingerprint density at radius 1 is 0.950 bits per heavy atom. The Bertz CT molecular complexity index is 691. The summed E-state index contributed by atoms with van der Waals surface area (Å²) in [5.41, 5.74) is 4.03. The number of benzene rings is 1. The summed E-state index contributed by atoms with van der Waals surface area (Å²) in [6.07, 6.45) is 6.54. The van der Waals surface area contributed by atoms with Gasteiger partial charge in [0.05, 0.1) is 5.56 Å². The number of carbonyl (C=O) groups is 1. The molecule has 2 heterocycles. The topological polar surface area (TPSA) is 59.8 Å². The predicted molar refractivity (Wildman–Crippen MR) is 75.6 cm³/mol. The molecule has 0 aliphatic rings. The molecule has 2 aromatic heterocycles. The monoisotopic (exact) mass is 264 g/mol. The van der Waals surface area contributed by atoms with Gasteiger partial charge in [-0.15, -0.1) is 0 Å². The number of hydrogen-bond donors (Lipinski definition) is 1. The Labute approximate surface area is 115 Å². The van der Waals surface area contributed by atoms with Gasteiger partial charge in [0.2, 0.25) is 0 Å². The van der Waals surface area contributed by atoms with E-state index in [4.69, 9.17) is 0 Å². The van der Waals surface area contributed by atoms with E-state index >= 15 is 0 Å². The summed E-state index contributed by atoms with van der Waals surface area (Å²) >= 11 is 0. The fraction of sp³-hybridized carbons (Fsp3) is 0. The molecule has 0 radical (unpaired) electrons. The third-order valence-corrected chi connectivity index (χ3v) is 2.78. The molecule has 3 rings (SSSR count). The molecular weight excluding hydrogens is 252 g/mol. The normalized spacial score (nSPS) is 10.2. The molecule has 0 aliphatic heterocycles. The molecule has 1 aromatic carbocycles. The molecule has 0 aliphatic carbocycles. The molecule has 0 saturated heterocycles. The van der Waals surface area contributed by atoms with Crippen LogP contribution < -0.4 is 5.43 Å². The molecule has 0 bridgehead atoms. The van der Waals surface area contributed by atoms with Crippen LogP contribution in [0.4, 0.5) is 0 Å². The van der Waals surface area contributed by atoms with Gasteiger partial charge in [0.1, 0.15) is 0 Å². The second-order valence-electron chi connectivity index (χ2n) is 4.19. The average Bonchev–Trinajstić information content (AvgIpc) is 3.01. The van der Waals surface area contributed by atoms with Crippen LogP contribution in [0.5, 0.6) is 0 Å². The molecule has 0 atom stereocenters. The quantitative estimate of drug-likeness (QED) is 0.789. The molecule has 0 saturated carbocycles. The fourth-order valence-corrected chi connectivity index (χ4v) is 1.77. The molecule has 0 fully saturated rings. The summed E-state index contributed by atoms with van der Waals surface area (Å²) in [6.45, 7) is 0. The molecule has 1 N–H and O–H groups in total. The molecule has 0 spiro atoms. The average molecular weight is 264 g/mol. The van der Waals surface area contributed by atoms with E-state index < -0.39 is 0 Å². The van der Waals surface area contributed by atoms with Crippen LogP contribution >= 0.6 is 0 Å². The lowest BCUT2D eigenvalue weighted by molar-refractivity contribution is 0.101. The highest BCUT2D eigenvalue weighted by Gasteiger charge is 2.07. The van der Waals surface area contributed by atoms with Crippen LogP contribution in [0.15, 0.2) is 67.3 Å². The van der Waals surface area contributed by atoms with Crippen molar-refractivity contribution < 1.29 is 4.79 Å². The lowest BCUT2D eigenvalue weighted by atomic mass is 10.2. The molecule has 0 unspecified atom stereocenters. The van der Waals surface area contributed by atoms with Crippen molar-refractivity contribution in [3.8, 4) is 11.4 Å². The lowest BCUT2D eigenvalue weighted by Gasteiger charge is -2.06. The highest BCUT2D eigenvalue weighted by molar-refractivity contribution is 5.99. The van der Waals surface area contributed by atoms with Crippen LogP contribution in [0.3, 0.4) is 0 Å². The Balaban J connectivity index is 1.78. The largest absolute Gasteiger partial charge is 0.273 e. The standard InChI is InChI=1S/C15H12N4O/c20-15(18-19-8-4-5-9-19)13-10-16-14(17-11-13)12-6-2-1-3-7-12/h1-11H,(H,18,20). The van der Waals surface area contributed by atoms with Crippen molar-refractivity contribution in [2.75, 3.05) is 5.43 Å². The summed E-state index contributed by atoms with van der Waals surface area (Å²) in [7, 11) is 0. The van der Waals surface area contributed by atoms with Gasteiger partial charge in [0.15, 0.2) is 5.82 Å². The van der Waals surface area contributed by atoms with Crippen molar-refractivity contribution in [3.05, 3.63) is 72.8 Å². The van der Waals surface area contributed by atoms with E-state index in [1.807, 2.05) is 42.5 Å². The van der Waals surface area contributed by atoms with E-state index in [9.17, 15) is 4.79 Å². The second-order valence-corrected chi connectivity index (χ2v) is 4.19. The minimum absolute atomic E-state index is 0.249. The molecule has 5 nitrogen and oxygen atoms in total. The minimum Gasteiger partial charge on any atom is -0.268 e. The van der Waals surface area contributed by atoms with E-state index in [0.717, 1.165) is 5.56 Å². The van der Waals surface area contributed by atoms with E-state index in [1.165, 1.54) is 12.4 Å². The number of nitrogens with one attached hydrogen (secondary N) is 1. The van der Waals surface area contributed by atoms with E-state index in [1.54, 1.807) is 17.1 Å². The van der Waals surface area contributed by atoms with Gasteiger partial charge in [-0.05, 0) is 12.1 Å². The third kappa shape index (κ3) is 2.56. The van der Waals surface area contributed by atoms with Crippen molar-refractivity contribution in [1.82, 2.24) is 14.6 Å². The Hall–Kier alpha value is -2.95. The van der Waals surface area contributed by atoms with Crippen LogP contribution in [-0.2, 0) is 0 Å². The first-order chi connectivity index (χ1) is 9.83. The first-order valence-electron chi connectivity index (χ1n) is 6.15. The number of nitrogens with zero attached hydrogens (tertiary/aromatic N) is 3. The van der Waals surface area contributed by atoms with Gasteiger partial charge in [0, 0.05) is 30.4 Å². The highest BCUT2D eigenvalue weighted by atomic mass is 16.2. The van der Waals surface area contributed by atoms with Gasteiger partial charge in [-0.1, -0.05) is 30.3 Å². The SMILES string of the molecule is O=C(Nn1cccc1)c1cnc(-c2ccccc2)nc1. The van der Waals surface area contributed by atoms with Crippen molar-refractivity contribution in [2.45, 2.75) is 0 Å². The lowest BCUT2D eigenvalue weighted by Crippen LogP contribution is -2.21. The summed E-state index contributed by atoms with van der Waals surface area (Å²) in [6, 6.07) is 13.3. The van der Waals surface area contributed by atoms with Crippen molar-refractivity contribution in [1.29, 1.82) is 0 Å². The number of carbonyl (C=O) groups excluding carboxylic acids is 1. The first-order valence-corrected chi connectivity index (χ1v) is 6.15. The first kappa shape index (κ1) is 12.1. The summed E-state index contributed by atoms with van der Waals surface area (Å²) in [5, 5.41) is 0. The van der Waals surface area contributed by atoms with Crippen molar-refractivity contribution in [3.63, 3.8) is 0 Å². The zero-order valence-corrected chi connectivity index (χ0v) is 10.6.